The SMILES string of the molecule is Fc1cc(CC2=CNC3C=CC=CC3=N2)ccc1Cl. The summed E-state index contributed by atoms with van der Waals surface area (Å²) in [5.74, 6) is -0.394. The minimum Gasteiger partial charge on any atom is -0.378 e. The van der Waals surface area contributed by atoms with Crippen LogP contribution in [-0.2, 0) is 6.42 Å². The number of hydrogen-bond acceptors (Lipinski definition) is 2. The Hall–Kier alpha value is -1.87. The minimum absolute atomic E-state index is 0.145. The molecule has 0 saturated heterocycles. The molecule has 1 aliphatic heterocycles. The molecule has 0 radical (unpaired) electrons. The Kier molecular flexibility index (Phi) is 3.22. The first kappa shape index (κ1) is 12.2. The van der Waals surface area contributed by atoms with Crippen LogP contribution in [0.4, 0.5) is 4.39 Å². The summed E-state index contributed by atoms with van der Waals surface area (Å²) in [7, 11) is 0. The summed E-state index contributed by atoms with van der Waals surface area (Å²) in [5, 5.41) is 3.41. The largest absolute Gasteiger partial charge is 0.378 e. The van der Waals surface area contributed by atoms with Gasteiger partial charge in [-0.25, -0.2) is 4.39 Å². The lowest BCUT2D eigenvalue weighted by Crippen LogP contribution is -2.34. The van der Waals surface area contributed by atoms with Gasteiger partial charge in [-0.15, -0.1) is 0 Å². The van der Waals surface area contributed by atoms with Crippen LogP contribution in [-0.4, -0.2) is 11.8 Å². The third kappa shape index (κ3) is 2.61. The molecule has 2 aliphatic rings. The van der Waals surface area contributed by atoms with Gasteiger partial charge in [-0.1, -0.05) is 35.9 Å². The molecule has 3 rings (SSSR count). The summed E-state index contributed by atoms with van der Waals surface area (Å²) in [5.41, 5.74) is 2.72. The summed E-state index contributed by atoms with van der Waals surface area (Å²) < 4.78 is 13.4. The fraction of sp³-hybridized carbons (Fsp3) is 0.133. The van der Waals surface area contributed by atoms with Gasteiger partial charge in [0.05, 0.1) is 22.5 Å². The number of allylic oxidation sites excluding steroid dienone is 3. The highest BCUT2D eigenvalue weighted by atomic mass is 35.5. The molecule has 1 heterocycles. The summed E-state index contributed by atoms with van der Waals surface area (Å²) in [6.07, 6.45) is 10.4. The van der Waals surface area contributed by atoms with Crippen molar-refractivity contribution in [2.75, 3.05) is 0 Å². The van der Waals surface area contributed by atoms with Gasteiger partial charge >= 0.3 is 0 Å². The van der Waals surface area contributed by atoms with Crippen molar-refractivity contribution in [3.8, 4) is 0 Å². The zero-order chi connectivity index (χ0) is 13.2. The second kappa shape index (κ2) is 5.02. The molecule has 1 aromatic carbocycles. The van der Waals surface area contributed by atoms with Gasteiger partial charge in [0.1, 0.15) is 5.82 Å². The maximum atomic E-state index is 13.4. The van der Waals surface area contributed by atoms with Crippen LogP contribution < -0.4 is 5.32 Å². The summed E-state index contributed by atoms with van der Waals surface area (Å²) >= 11 is 5.67. The fourth-order valence-corrected chi connectivity index (χ4v) is 2.23. The zero-order valence-corrected chi connectivity index (χ0v) is 10.9. The van der Waals surface area contributed by atoms with E-state index in [1.807, 2.05) is 36.6 Å². The molecule has 1 N–H and O–H groups in total. The topological polar surface area (TPSA) is 24.4 Å². The summed E-state index contributed by atoms with van der Waals surface area (Å²) in [6.45, 7) is 0. The summed E-state index contributed by atoms with van der Waals surface area (Å²) in [4.78, 5) is 4.57. The van der Waals surface area contributed by atoms with E-state index in [9.17, 15) is 4.39 Å². The molecular formula is C15H12ClFN2. The first-order valence-electron chi connectivity index (χ1n) is 6.05. The molecule has 0 bridgehead atoms. The van der Waals surface area contributed by atoms with Crippen LogP contribution in [0.5, 0.6) is 0 Å². The number of rotatable bonds is 2. The first-order valence-corrected chi connectivity index (χ1v) is 6.42. The van der Waals surface area contributed by atoms with E-state index in [1.165, 1.54) is 6.07 Å². The highest BCUT2D eigenvalue weighted by molar-refractivity contribution is 6.30. The molecule has 4 heteroatoms. The van der Waals surface area contributed by atoms with Gasteiger partial charge in [0.25, 0.3) is 0 Å². The van der Waals surface area contributed by atoms with E-state index < -0.39 is 5.82 Å². The Morgan fingerprint density at radius 3 is 3.05 bits per heavy atom. The van der Waals surface area contributed by atoms with Crippen molar-refractivity contribution in [2.45, 2.75) is 12.5 Å². The average Bonchev–Trinajstić information content (AvgIpc) is 2.43. The van der Waals surface area contributed by atoms with Gasteiger partial charge in [0.2, 0.25) is 0 Å². The van der Waals surface area contributed by atoms with E-state index in [-0.39, 0.29) is 11.1 Å². The lowest BCUT2D eigenvalue weighted by molar-refractivity contribution is 0.626. The summed E-state index contributed by atoms with van der Waals surface area (Å²) in [6, 6.07) is 4.99. The van der Waals surface area contributed by atoms with Crippen LogP contribution in [0.1, 0.15) is 5.56 Å². The molecule has 19 heavy (non-hydrogen) atoms. The zero-order valence-electron chi connectivity index (χ0n) is 10.1. The Bertz CT molecular complexity index is 629. The number of aliphatic imine (C=N–C) groups is 1. The number of hydrogen-bond donors (Lipinski definition) is 1. The van der Waals surface area contributed by atoms with E-state index in [2.05, 4.69) is 10.3 Å². The van der Waals surface area contributed by atoms with Crippen LogP contribution in [0.15, 0.2) is 59.4 Å². The predicted molar refractivity (Wildman–Crippen MR) is 75.8 cm³/mol. The van der Waals surface area contributed by atoms with E-state index in [0.717, 1.165) is 17.0 Å². The van der Waals surface area contributed by atoms with E-state index >= 15 is 0 Å². The Morgan fingerprint density at radius 1 is 1.32 bits per heavy atom. The lowest BCUT2D eigenvalue weighted by atomic mass is 10.0. The highest BCUT2D eigenvalue weighted by Gasteiger charge is 2.16. The van der Waals surface area contributed by atoms with Gasteiger partial charge in [-0.05, 0) is 23.8 Å². The first-order chi connectivity index (χ1) is 9.22. The third-order valence-corrected chi connectivity index (χ3v) is 3.38. The molecular weight excluding hydrogens is 263 g/mol. The molecule has 0 saturated carbocycles. The Balaban J connectivity index is 1.79. The molecule has 1 atom stereocenters. The molecule has 96 valence electrons. The predicted octanol–water partition coefficient (Wildman–Crippen LogP) is 3.40. The van der Waals surface area contributed by atoms with Gasteiger partial charge in [0.15, 0.2) is 0 Å². The van der Waals surface area contributed by atoms with Crippen LogP contribution in [0.25, 0.3) is 0 Å². The van der Waals surface area contributed by atoms with Crippen LogP contribution >= 0.6 is 11.6 Å². The van der Waals surface area contributed by atoms with Crippen molar-refractivity contribution in [3.05, 3.63) is 70.8 Å². The fourth-order valence-electron chi connectivity index (χ4n) is 2.11. The van der Waals surface area contributed by atoms with Gasteiger partial charge in [0, 0.05) is 12.6 Å². The quantitative estimate of drug-likeness (QED) is 0.878. The van der Waals surface area contributed by atoms with Crippen LogP contribution in [0.3, 0.4) is 0 Å². The van der Waals surface area contributed by atoms with E-state index in [4.69, 9.17) is 11.6 Å². The van der Waals surface area contributed by atoms with Gasteiger partial charge in [-0.3, -0.25) is 4.99 Å². The number of nitrogens with one attached hydrogen (secondary N) is 1. The molecule has 1 unspecified atom stereocenters. The second-order valence-corrected chi connectivity index (χ2v) is 4.89. The van der Waals surface area contributed by atoms with Gasteiger partial charge < -0.3 is 5.32 Å². The molecule has 0 spiro atoms. The molecule has 0 aromatic heterocycles. The van der Waals surface area contributed by atoms with Crippen LogP contribution in [0.2, 0.25) is 5.02 Å². The number of nitrogens with zero attached hydrogens (tertiary/aromatic N) is 1. The minimum atomic E-state index is -0.394. The molecule has 2 nitrogen and oxygen atoms in total. The van der Waals surface area contributed by atoms with Crippen molar-refractivity contribution in [1.82, 2.24) is 5.32 Å². The molecule has 0 fully saturated rings. The smallest absolute Gasteiger partial charge is 0.142 e. The van der Waals surface area contributed by atoms with Crippen molar-refractivity contribution >= 4 is 17.3 Å². The highest BCUT2D eigenvalue weighted by Crippen LogP contribution is 2.19. The lowest BCUT2D eigenvalue weighted by Gasteiger charge is -2.21. The third-order valence-electron chi connectivity index (χ3n) is 3.07. The van der Waals surface area contributed by atoms with Crippen molar-refractivity contribution in [1.29, 1.82) is 0 Å². The van der Waals surface area contributed by atoms with E-state index in [0.29, 0.717) is 6.42 Å². The number of halogens is 2. The second-order valence-electron chi connectivity index (χ2n) is 4.49. The van der Waals surface area contributed by atoms with Crippen molar-refractivity contribution in [3.63, 3.8) is 0 Å². The van der Waals surface area contributed by atoms with Crippen molar-refractivity contribution in [2.24, 2.45) is 4.99 Å². The Labute approximate surface area is 116 Å². The molecule has 1 aromatic rings. The molecule has 0 amide bonds. The standard InChI is InChI=1S/C15H12ClFN2/c16-12-6-5-10(8-13(12)17)7-11-9-18-14-3-1-2-4-15(14)19-11/h1-6,8-9,14,18H,7H2. The Morgan fingerprint density at radius 2 is 2.21 bits per heavy atom. The number of benzene rings is 1. The average molecular weight is 275 g/mol. The monoisotopic (exact) mass is 274 g/mol. The van der Waals surface area contributed by atoms with Crippen LogP contribution in [0, 0.1) is 5.82 Å². The maximum absolute atomic E-state index is 13.4. The van der Waals surface area contributed by atoms with Gasteiger partial charge in [-0.2, -0.15) is 0 Å². The maximum Gasteiger partial charge on any atom is 0.142 e. The van der Waals surface area contributed by atoms with Crippen molar-refractivity contribution < 1.29 is 4.39 Å². The van der Waals surface area contributed by atoms with E-state index in [1.54, 1.807) is 6.07 Å². The normalized spacial score (nSPS) is 20.4. The number of fused-ring (bicyclic) bond motifs is 1. The molecule has 1 aliphatic carbocycles.